The Morgan fingerprint density at radius 3 is 2.35 bits per heavy atom. The van der Waals surface area contributed by atoms with E-state index in [1.165, 1.54) is 23.1 Å². The molecule has 0 aliphatic heterocycles. The highest BCUT2D eigenvalue weighted by Crippen LogP contribution is 2.33. The van der Waals surface area contributed by atoms with Crippen LogP contribution in [0.15, 0.2) is 119 Å². The molecule has 1 aromatic heterocycles. The van der Waals surface area contributed by atoms with E-state index in [1.807, 2.05) is 92.0 Å². The highest BCUT2D eigenvalue weighted by Gasteiger charge is 2.19. The number of amides is 3. The summed E-state index contributed by atoms with van der Waals surface area (Å²) in [6.07, 6.45) is 1.64. The predicted octanol–water partition coefficient (Wildman–Crippen LogP) is 7.41. The lowest BCUT2D eigenvalue weighted by atomic mass is 10.1. The maximum absolute atomic E-state index is 13.6. The van der Waals surface area contributed by atoms with Crippen molar-refractivity contribution in [1.82, 2.24) is 10.3 Å². The van der Waals surface area contributed by atoms with Gasteiger partial charge in [-0.25, -0.2) is 4.98 Å². The summed E-state index contributed by atoms with van der Waals surface area (Å²) in [6.45, 7) is 1.81. The van der Waals surface area contributed by atoms with Crippen LogP contribution in [0.1, 0.15) is 22.8 Å². The van der Waals surface area contributed by atoms with Crippen molar-refractivity contribution in [3.05, 3.63) is 125 Å². The van der Waals surface area contributed by atoms with Crippen LogP contribution in [-0.4, -0.2) is 49.2 Å². The van der Waals surface area contributed by atoms with Crippen LogP contribution in [0.25, 0.3) is 17.3 Å². The van der Waals surface area contributed by atoms with Gasteiger partial charge in [0.05, 0.1) is 18.1 Å². The minimum atomic E-state index is -0.487. The first-order valence-electron chi connectivity index (χ1n) is 15.0. The van der Waals surface area contributed by atoms with Crippen molar-refractivity contribution in [1.29, 1.82) is 0 Å². The Hall–Kier alpha value is -5.39. The van der Waals surface area contributed by atoms with Gasteiger partial charge in [0.25, 0.3) is 11.8 Å². The van der Waals surface area contributed by atoms with E-state index in [2.05, 4.69) is 20.9 Å². The maximum atomic E-state index is 13.6. The molecule has 0 fully saturated rings. The van der Waals surface area contributed by atoms with Gasteiger partial charge in [-0.2, -0.15) is 0 Å². The van der Waals surface area contributed by atoms with E-state index in [9.17, 15) is 14.4 Å². The summed E-state index contributed by atoms with van der Waals surface area (Å²) >= 11 is 2.69. The number of anilines is 3. The van der Waals surface area contributed by atoms with E-state index < -0.39 is 17.1 Å². The standard InChI is InChI=1S/C37H35N5O4S2/c1-24(34(43)41-37-40-32(23-47-37)30-15-8-9-16-33(30)46-4)48-29-14-10-13-27(22-29)38-36(45)31(39-35(44)26-11-6-5-7-12-26)21-25-17-19-28(20-18-25)42(2)3/h5-24H,1-4H3,(H,38,45)(H,39,44)(H,40,41,43)/b31-21+. The minimum Gasteiger partial charge on any atom is -0.496 e. The van der Waals surface area contributed by atoms with Crippen molar-refractivity contribution >= 4 is 63.4 Å². The third-order valence-corrected chi connectivity index (χ3v) is 8.99. The van der Waals surface area contributed by atoms with E-state index in [1.54, 1.807) is 55.7 Å². The number of hydrogen-bond acceptors (Lipinski definition) is 8. The van der Waals surface area contributed by atoms with Crippen molar-refractivity contribution < 1.29 is 19.1 Å². The van der Waals surface area contributed by atoms with Crippen LogP contribution >= 0.6 is 23.1 Å². The molecule has 1 heterocycles. The number of rotatable bonds is 12. The average Bonchev–Trinajstić information content (AvgIpc) is 3.56. The van der Waals surface area contributed by atoms with Crippen LogP contribution in [-0.2, 0) is 9.59 Å². The zero-order chi connectivity index (χ0) is 34.0. The summed E-state index contributed by atoms with van der Waals surface area (Å²) < 4.78 is 5.44. The Morgan fingerprint density at radius 1 is 0.896 bits per heavy atom. The van der Waals surface area contributed by atoms with E-state index >= 15 is 0 Å². The highest BCUT2D eigenvalue weighted by molar-refractivity contribution is 8.00. The lowest BCUT2D eigenvalue weighted by molar-refractivity contribution is -0.115. The Labute approximate surface area is 288 Å². The van der Waals surface area contributed by atoms with Crippen LogP contribution in [0.2, 0.25) is 0 Å². The fraction of sp³-hybridized carbons (Fsp3) is 0.135. The van der Waals surface area contributed by atoms with Gasteiger partial charge in [0, 0.05) is 46.9 Å². The van der Waals surface area contributed by atoms with Crippen LogP contribution in [0.5, 0.6) is 5.75 Å². The largest absolute Gasteiger partial charge is 0.496 e. The second-order valence-corrected chi connectivity index (χ2v) is 13.1. The number of nitrogens with one attached hydrogen (secondary N) is 3. The molecular weight excluding hydrogens is 643 g/mol. The second-order valence-electron chi connectivity index (χ2n) is 10.8. The number of methoxy groups -OCH3 is 1. The molecule has 5 rings (SSSR count). The first kappa shape index (κ1) is 34.0. The lowest BCUT2D eigenvalue weighted by Crippen LogP contribution is -2.30. The Morgan fingerprint density at radius 2 is 1.62 bits per heavy atom. The molecule has 1 atom stereocenters. The SMILES string of the molecule is COc1ccccc1-c1csc(NC(=O)C(C)Sc2cccc(NC(=O)/C(=C\c3ccc(N(C)C)cc3)NC(=O)c3ccccc3)c2)n1. The van der Waals surface area contributed by atoms with Gasteiger partial charge in [-0.3, -0.25) is 14.4 Å². The summed E-state index contributed by atoms with van der Waals surface area (Å²) in [5, 5.41) is 10.5. The van der Waals surface area contributed by atoms with Crippen molar-refractivity contribution in [2.75, 3.05) is 36.7 Å². The molecule has 0 aliphatic carbocycles. The first-order chi connectivity index (χ1) is 23.2. The molecule has 0 radical (unpaired) electrons. The fourth-order valence-electron chi connectivity index (χ4n) is 4.60. The quantitative estimate of drug-likeness (QED) is 0.0931. The van der Waals surface area contributed by atoms with Crippen LogP contribution < -0.4 is 25.6 Å². The van der Waals surface area contributed by atoms with E-state index in [0.717, 1.165) is 27.4 Å². The van der Waals surface area contributed by atoms with Crippen LogP contribution in [0, 0.1) is 0 Å². The van der Waals surface area contributed by atoms with Crippen molar-refractivity contribution in [2.45, 2.75) is 17.1 Å². The van der Waals surface area contributed by atoms with Gasteiger partial charge >= 0.3 is 0 Å². The van der Waals surface area contributed by atoms with Crippen molar-refractivity contribution in [3.8, 4) is 17.0 Å². The Bertz CT molecular complexity index is 1920. The number of carbonyl (C=O) groups excluding carboxylic acids is 3. The van der Waals surface area contributed by atoms with E-state index in [-0.39, 0.29) is 11.6 Å². The number of carbonyl (C=O) groups is 3. The number of para-hydroxylation sites is 1. The topological polar surface area (TPSA) is 113 Å². The molecule has 0 saturated carbocycles. The summed E-state index contributed by atoms with van der Waals surface area (Å²) in [4.78, 5) is 47.0. The van der Waals surface area contributed by atoms with Crippen molar-refractivity contribution in [2.24, 2.45) is 0 Å². The molecule has 1 unspecified atom stereocenters. The molecule has 244 valence electrons. The molecule has 3 amide bonds. The van der Waals surface area contributed by atoms with E-state index in [4.69, 9.17) is 4.74 Å². The van der Waals surface area contributed by atoms with E-state index in [0.29, 0.717) is 22.1 Å². The zero-order valence-electron chi connectivity index (χ0n) is 26.9. The van der Waals surface area contributed by atoms with Crippen LogP contribution in [0.3, 0.4) is 0 Å². The maximum Gasteiger partial charge on any atom is 0.272 e. The molecule has 0 bridgehead atoms. The molecule has 11 heteroatoms. The number of thiazole rings is 1. The summed E-state index contributed by atoms with van der Waals surface area (Å²) in [5.41, 5.74) is 4.35. The monoisotopic (exact) mass is 677 g/mol. The number of nitrogens with zero attached hydrogens (tertiary/aromatic N) is 2. The predicted molar refractivity (Wildman–Crippen MR) is 196 cm³/mol. The van der Waals surface area contributed by atoms with Gasteiger partial charge in [0.15, 0.2) is 5.13 Å². The number of thioether (sulfide) groups is 1. The molecule has 4 aromatic carbocycles. The zero-order valence-corrected chi connectivity index (χ0v) is 28.5. The second kappa shape index (κ2) is 15.9. The number of ether oxygens (including phenoxy) is 1. The minimum absolute atomic E-state index is 0.0863. The number of aromatic nitrogens is 1. The van der Waals surface area contributed by atoms with Gasteiger partial charge in [-0.15, -0.1) is 23.1 Å². The molecule has 3 N–H and O–H groups in total. The molecule has 9 nitrogen and oxygen atoms in total. The summed E-state index contributed by atoms with van der Waals surface area (Å²) in [7, 11) is 5.51. The fourth-order valence-corrected chi connectivity index (χ4v) is 6.24. The Kier molecular flexibility index (Phi) is 11.3. The lowest BCUT2D eigenvalue weighted by Gasteiger charge is -2.14. The molecular formula is C37H35N5O4S2. The third kappa shape index (κ3) is 8.90. The number of hydrogen-bond donors (Lipinski definition) is 3. The van der Waals surface area contributed by atoms with Gasteiger partial charge in [0.1, 0.15) is 11.4 Å². The van der Waals surface area contributed by atoms with Gasteiger partial charge < -0.3 is 25.6 Å². The first-order valence-corrected chi connectivity index (χ1v) is 16.8. The summed E-state index contributed by atoms with van der Waals surface area (Å²) in [6, 6.07) is 31.1. The smallest absolute Gasteiger partial charge is 0.272 e. The van der Waals surface area contributed by atoms with Gasteiger partial charge in [-0.05, 0) is 73.2 Å². The van der Waals surface area contributed by atoms with Gasteiger partial charge in [-0.1, -0.05) is 48.5 Å². The van der Waals surface area contributed by atoms with Crippen LogP contribution in [0.4, 0.5) is 16.5 Å². The molecule has 0 spiro atoms. The summed E-state index contributed by atoms with van der Waals surface area (Å²) in [5.74, 6) is -0.388. The average molecular weight is 678 g/mol. The molecule has 5 aromatic rings. The van der Waals surface area contributed by atoms with Gasteiger partial charge in [0.2, 0.25) is 5.91 Å². The normalized spacial score (nSPS) is 11.7. The number of benzene rings is 4. The molecule has 0 aliphatic rings. The Balaban J connectivity index is 1.26. The highest BCUT2D eigenvalue weighted by atomic mass is 32.2. The molecule has 48 heavy (non-hydrogen) atoms. The molecule has 0 saturated heterocycles. The third-order valence-electron chi connectivity index (χ3n) is 7.14. The van der Waals surface area contributed by atoms with Crippen molar-refractivity contribution in [3.63, 3.8) is 0 Å².